The quantitative estimate of drug-likeness (QED) is 0.290. The van der Waals surface area contributed by atoms with Crippen molar-refractivity contribution in [3.05, 3.63) is 124 Å². The van der Waals surface area contributed by atoms with E-state index in [-0.39, 0.29) is 22.9 Å². The Morgan fingerprint density at radius 3 is 2.00 bits per heavy atom. The number of nitrogens with one attached hydrogen (secondary N) is 2. The zero-order chi connectivity index (χ0) is 23.8. The highest BCUT2D eigenvalue weighted by Crippen LogP contribution is 2.41. The number of carboxylic acid groups (broad SMARTS) is 1. The molecule has 0 bridgehead atoms. The van der Waals surface area contributed by atoms with Crippen molar-refractivity contribution in [1.82, 2.24) is 4.98 Å². The number of H-pyrrole nitrogens is 1. The minimum Gasteiger partial charge on any atom is -0.477 e. The van der Waals surface area contributed by atoms with Crippen LogP contribution in [0.15, 0.2) is 84.9 Å². The zero-order valence-electron chi connectivity index (χ0n) is 18.3. The maximum atomic E-state index is 13.7. The number of rotatable bonds is 5. The predicted molar refractivity (Wildman–Crippen MR) is 130 cm³/mol. The minimum absolute atomic E-state index is 0.0880. The Morgan fingerprint density at radius 2 is 1.35 bits per heavy atom. The molecule has 0 aliphatic carbocycles. The third-order valence-corrected chi connectivity index (χ3v) is 5.96. The SMILES string of the molecule is Cc1c(C(=O)O)[nH]c(C(=C2C(=O)Nc3ccccc32)c2ccccc2)c1C(=O)c1ccccc1. The van der Waals surface area contributed by atoms with Crippen LogP contribution in [0.5, 0.6) is 0 Å². The Morgan fingerprint density at radius 1 is 0.765 bits per heavy atom. The molecule has 0 saturated heterocycles. The monoisotopic (exact) mass is 448 g/mol. The number of carbonyl (C=O) groups excluding carboxylic acids is 2. The maximum absolute atomic E-state index is 13.7. The second kappa shape index (κ2) is 8.33. The molecule has 2 heterocycles. The lowest BCUT2D eigenvalue weighted by Crippen LogP contribution is -2.10. The van der Waals surface area contributed by atoms with E-state index in [0.29, 0.717) is 44.8 Å². The number of aromatic amines is 1. The molecule has 166 valence electrons. The average Bonchev–Trinajstić information content (AvgIpc) is 3.37. The number of aromatic carboxylic acids is 1. The molecule has 0 spiro atoms. The summed E-state index contributed by atoms with van der Waals surface area (Å²) in [5, 5.41) is 12.7. The van der Waals surface area contributed by atoms with Gasteiger partial charge < -0.3 is 15.4 Å². The highest BCUT2D eigenvalue weighted by molar-refractivity contribution is 6.38. The Hall–Kier alpha value is -4.71. The summed E-state index contributed by atoms with van der Waals surface area (Å²) in [5.41, 5.74) is 4.07. The molecule has 6 heteroatoms. The molecule has 0 atom stereocenters. The van der Waals surface area contributed by atoms with Crippen molar-refractivity contribution in [2.45, 2.75) is 6.92 Å². The molecule has 0 radical (unpaired) electrons. The molecular formula is C28H20N2O4. The van der Waals surface area contributed by atoms with Crippen LogP contribution in [0.3, 0.4) is 0 Å². The maximum Gasteiger partial charge on any atom is 0.352 e. The van der Waals surface area contributed by atoms with E-state index in [4.69, 9.17) is 0 Å². The van der Waals surface area contributed by atoms with Crippen molar-refractivity contribution in [2.75, 3.05) is 5.32 Å². The van der Waals surface area contributed by atoms with Crippen molar-refractivity contribution >= 4 is 34.5 Å². The van der Waals surface area contributed by atoms with E-state index in [2.05, 4.69) is 10.3 Å². The van der Waals surface area contributed by atoms with Crippen LogP contribution in [0.1, 0.15) is 48.8 Å². The van der Waals surface area contributed by atoms with E-state index in [1.165, 1.54) is 0 Å². The first-order valence-corrected chi connectivity index (χ1v) is 10.7. The fourth-order valence-electron chi connectivity index (χ4n) is 4.40. The molecule has 34 heavy (non-hydrogen) atoms. The van der Waals surface area contributed by atoms with Crippen molar-refractivity contribution in [2.24, 2.45) is 0 Å². The molecular weight excluding hydrogens is 428 g/mol. The van der Waals surface area contributed by atoms with Gasteiger partial charge in [-0.05, 0) is 24.1 Å². The van der Waals surface area contributed by atoms with E-state index >= 15 is 0 Å². The summed E-state index contributed by atoms with van der Waals surface area (Å²) in [6.07, 6.45) is 0. The summed E-state index contributed by atoms with van der Waals surface area (Å²) in [5.74, 6) is -1.82. The fourth-order valence-corrected chi connectivity index (χ4v) is 4.40. The number of aromatic nitrogens is 1. The average molecular weight is 448 g/mol. The second-order valence-electron chi connectivity index (χ2n) is 7.99. The van der Waals surface area contributed by atoms with Gasteiger partial charge >= 0.3 is 5.97 Å². The molecule has 5 rings (SSSR count). The Bertz CT molecular complexity index is 1480. The van der Waals surface area contributed by atoms with Crippen molar-refractivity contribution in [3.63, 3.8) is 0 Å². The van der Waals surface area contributed by atoms with Gasteiger partial charge in [0.1, 0.15) is 5.69 Å². The van der Waals surface area contributed by atoms with Crippen LogP contribution in [-0.2, 0) is 4.79 Å². The van der Waals surface area contributed by atoms with Crippen molar-refractivity contribution in [3.8, 4) is 0 Å². The van der Waals surface area contributed by atoms with Gasteiger partial charge in [0.05, 0.1) is 16.8 Å². The zero-order valence-corrected chi connectivity index (χ0v) is 18.3. The number of hydrogen-bond acceptors (Lipinski definition) is 3. The van der Waals surface area contributed by atoms with Crippen molar-refractivity contribution in [1.29, 1.82) is 0 Å². The highest BCUT2D eigenvalue weighted by atomic mass is 16.4. The van der Waals surface area contributed by atoms with Crippen molar-refractivity contribution < 1.29 is 19.5 Å². The fraction of sp³-hybridized carbons (Fsp3) is 0.0357. The minimum atomic E-state index is -1.18. The number of fused-ring (bicyclic) bond motifs is 1. The Labute approximate surface area is 195 Å². The summed E-state index contributed by atoms with van der Waals surface area (Å²) in [6.45, 7) is 1.61. The van der Waals surface area contributed by atoms with Gasteiger partial charge in [0.25, 0.3) is 5.91 Å². The number of para-hydroxylation sites is 1. The molecule has 6 nitrogen and oxygen atoms in total. The van der Waals surface area contributed by atoms with E-state index in [0.717, 1.165) is 0 Å². The lowest BCUT2D eigenvalue weighted by Gasteiger charge is -2.13. The Kier molecular flexibility index (Phi) is 5.18. The smallest absolute Gasteiger partial charge is 0.352 e. The van der Waals surface area contributed by atoms with Crippen LogP contribution in [-0.4, -0.2) is 27.8 Å². The standard InChI is InChI=1S/C28H20N2O4/c1-16-21(26(31)18-12-6-3-7-13-18)25(30-24(16)28(33)34)22(17-10-4-2-5-11-17)23-19-14-8-9-15-20(19)29-27(23)32/h2-15,30H,1H3,(H,29,32)(H,33,34). The second-order valence-corrected chi connectivity index (χ2v) is 7.99. The predicted octanol–water partition coefficient (Wildman–Crippen LogP) is 5.16. The molecule has 1 amide bonds. The summed E-state index contributed by atoms with van der Waals surface area (Å²) in [7, 11) is 0. The number of anilines is 1. The third-order valence-electron chi connectivity index (χ3n) is 5.96. The van der Waals surface area contributed by atoms with Gasteiger partial charge in [0, 0.05) is 22.4 Å². The molecule has 1 aromatic heterocycles. The summed E-state index contributed by atoms with van der Waals surface area (Å²) >= 11 is 0. The molecule has 3 aromatic carbocycles. The summed E-state index contributed by atoms with van der Waals surface area (Å²) in [4.78, 5) is 41.9. The molecule has 4 aromatic rings. The van der Waals surface area contributed by atoms with E-state index < -0.39 is 5.97 Å². The first-order valence-electron chi connectivity index (χ1n) is 10.7. The van der Waals surface area contributed by atoms with Crippen LogP contribution < -0.4 is 5.32 Å². The molecule has 1 aliphatic heterocycles. The first kappa shape index (κ1) is 21.2. The highest BCUT2D eigenvalue weighted by Gasteiger charge is 2.33. The molecule has 0 saturated carbocycles. The van der Waals surface area contributed by atoms with Crippen LogP contribution >= 0.6 is 0 Å². The van der Waals surface area contributed by atoms with E-state index in [9.17, 15) is 19.5 Å². The van der Waals surface area contributed by atoms with Crippen LogP contribution in [0.2, 0.25) is 0 Å². The van der Waals surface area contributed by atoms with E-state index in [1.54, 1.807) is 31.2 Å². The van der Waals surface area contributed by atoms with Gasteiger partial charge in [0.2, 0.25) is 0 Å². The lowest BCUT2D eigenvalue weighted by molar-refractivity contribution is -0.110. The molecule has 0 fully saturated rings. The summed E-state index contributed by atoms with van der Waals surface area (Å²) in [6, 6.07) is 25.2. The largest absolute Gasteiger partial charge is 0.477 e. The summed E-state index contributed by atoms with van der Waals surface area (Å²) < 4.78 is 0. The van der Waals surface area contributed by atoms with Gasteiger partial charge in [-0.25, -0.2) is 4.79 Å². The van der Waals surface area contributed by atoms with Crippen LogP contribution in [0.25, 0.3) is 11.1 Å². The molecule has 0 unspecified atom stereocenters. The van der Waals surface area contributed by atoms with Gasteiger partial charge in [-0.1, -0.05) is 78.9 Å². The van der Waals surface area contributed by atoms with Gasteiger partial charge in [-0.2, -0.15) is 0 Å². The van der Waals surface area contributed by atoms with Crippen LogP contribution in [0, 0.1) is 6.92 Å². The normalized spacial score (nSPS) is 13.9. The number of hydrogen-bond donors (Lipinski definition) is 3. The number of ketones is 1. The van der Waals surface area contributed by atoms with Gasteiger partial charge in [-0.15, -0.1) is 0 Å². The van der Waals surface area contributed by atoms with Crippen LogP contribution in [0.4, 0.5) is 5.69 Å². The Balaban J connectivity index is 1.88. The van der Waals surface area contributed by atoms with Gasteiger partial charge in [0.15, 0.2) is 5.78 Å². The molecule has 1 aliphatic rings. The number of carbonyl (C=O) groups is 3. The first-order chi connectivity index (χ1) is 16.5. The molecule has 3 N–H and O–H groups in total. The van der Waals surface area contributed by atoms with Gasteiger partial charge in [-0.3, -0.25) is 9.59 Å². The number of amides is 1. The number of benzene rings is 3. The lowest BCUT2D eigenvalue weighted by atomic mass is 9.88. The number of carboxylic acids is 1. The topological polar surface area (TPSA) is 99.3 Å². The van der Waals surface area contributed by atoms with E-state index in [1.807, 2.05) is 60.7 Å². The third kappa shape index (κ3) is 3.42.